The molecule has 2 nitrogen and oxygen atoms in total. The number of allylic oxidation sites excluding steroid dienone is 10. The molecule has 0 spiro atoms. The van der Waals surface area contributed by atoms with Gasteiger partial charge in [-0.3, -0.25) is 4.79 Å². The van der Waals surface area contributed by atoms with Gasteiger partial charge in [0.05, 0.1) is 7.11 Å². The molecule has 0 rings (SSSR count). The molecular formula is C23H36O2. The van der Waals surface area contributed by atoms with Gasteiger partial charge < -0.3 is 4.74 Å². The van der Waals surface area contributed by atoms with E-state index in [9.17, 15) is 4.79 Å². The third-order valence-corrected chi connectivity index (χ3v) is 3.44. The van der Waals surface area contributed by atoms with Gasteiger partial charge in [0.2, 0.25) is 0 Å². The first-order chi connectivity index (χ1) is 14.2. The minimum atomic E-state index is -2.63. The summed E-state index contributed by atoms with van der Waals surface area (Å²) in [5.74, 6) is -0.133. The van der Waals surface area contributed by atoms with Gasteiger partial charge in [-0.25, -0.2) is 0 Å². The normalized spacial score (nSPS) is 16.6. The van der Waals surface area contributed by atoms with Crippen molar-refractivity contribution in [1.29, 1.82) is 0 Å². The number of carbonyl (C=O) groups excluding carboxylic acids is 1. The van der Waals surface area contributed by atoms with Crippen LogP contribution in [0.1, 0.15) is 77.9 Å². The Morgan fingerprint density at radius 1 is 0.800 bits per heavy atom. The number of methoxy groups -OCH3 is 1. The number of hydrogen-bond acceptors (Lipinski definition) is 2. The van der Waals surface area contributed by atoms with Gasteiger partial charge in [-0.15, -0.1) is 0 Å². The van der Waals surface area contributed by atoms with Gasteiger partial charge in [0.15, 0.2) is 0 Å². The molecule has 0 aliphatic rings. The van der Waals surface area contributed by atoms with Crippen molar-refractivity contribution in [2.75, 3.05) is 7.11 Å². The van der Waals surface area contributed by atoms with Crippen LogP contribution in [0.15, 0.2) is 60.8 Å². The zero-order valence-electron chi connectivity index (χ0n) is 20.5. The van der Waals surface area contributed by atoms with Crippen molar-refractivity contribution in [3.05, 3.63) is 60.8 Å². The van der Waals surface area contributed by atoms with Crippen LogP contribution in [-0.4, -0.2) is 13.1 Å². The SMILES string of the molecule is [2H]C([2H])([2H])C([2H])([2H])/C=C\C/C=C\C/C=C\C/C=C\C/C=C\CCCCCC(=O)OC. The number of esters is 1. The van der Waals surface area contributed by atoms with E-state index in [0.717, 1.165) is 51.0 Å². The van der Waals surface area contributed by atoms with Crippen molar-refractivity contribution in [2.45, 2.75) is 71.0 Å². The van der Waals surface area contributed by atoms with Gasteiger partial charge in [-0.05, 0) is 51.3 Å². The molecule has 0 radical (unpaired) electrons. The third kappa shape index (κ3) is 20.1. The molecule has 0 aromatic heterocycles. The standard InChI is InChI=1S/C23H36O2/c1-3-4-5-6-7-8-9-10-11-12-13-14-15-16-17-18-19-20-21-22-23(24)25-2/h4-5,7-8,10-11,13-14,16-17H,3,6,9,12,15,18-22H2,1-2H3/b5-4-,8-7-,11-10-,14-13-,17-16-/i1D3,3D2. The fourth-order valence-electron chi connectivity index (χ4n) is 2.04. The minimum absolute atomic E-state index is 0.133. The molecule has 0 amide bonds. The molecule has 0 saturated heterocycles. The maximum atomic E-state index is 11.0. The lowest BCUT2D eigenvalue weighted by atomic mass is 10.1. The third-order valence-electron chi connectivity index (χ3n) is 3.44. The van der Waals surface area contributed by atoms with Crippen molar-refractivity contribution in [3.63, 3.8) is 0 Å². The average molecular weight is 350 g/mol. The molecule has 0 bridgehead atoms. The highest BCUT2D eigenvalue weighted by molar-refractivity contribution is 5.68. The van der Waals surface area contributed by atoms with Crippen LogP contribution in [0.2, 0.25) is 0 Å². The van der Waals surface area contributed by atoms with Gasteiger partial charge in [0.25, 0.3) is 0 Å². The summed E-state index contributed by atoms with van der Waals surface area (Å²) >= 11 is 0. The predicted octanol–water partition coefficient (Wildman–Crippen LogP) is 6.86. The van der Waals surface area contributed by atoms with E-state index < -0.39 is 13.2 Å². The highest BCUT2D eigenvalue weighted by Crippen LogP contribution is 2.05. The summed E-state index contributed by atoms with van der Waals surface area (Å²) in [6.45, 7) is -2.63. The highest BCUT2D eigenvalue weighted by atomic mass is 16.5. The number of rotatable bonds is 15. The van der Waals surface area contributed by atoms with Crippen molar-refractivity contribution < 1.29 is 16.4 Å². The molecule has 0 unspecified atom stereocenters. The van der Waals surface area contributed by atoms with Crippen LogP contribution >= 0.6 is 0 Å². The van der Waals surface area contributed by atoms with Crippen LogP contribution in [0.4, 0.5) is 0 Å². The summed E-state index contributed by atoms with van der Waals surface area (Å²) < 4.78 is 40.9. The van der Waals surface area contributed by atoms with Crippen LogP contribution in [0.5, 0.6) is 0 Å². The number of carbonyl (C=O) groups is 1. The van der Waals surface area contributed by atoms with Gasteiger partial charge in [0.1, 0.15) is 0 Å². The first-order valence-electron chi connectivity index (χ1n) is 11.5. The van der Waals surface area contributed by atoms with Crippen LogP contribution in [0.25, 0.3) is 0 Å². The summed E-state index contributed by atoms with van der Waals surface area (Å²) in [7, 11) is 1.42. The molecule has 25 heavy (non-hydrogen) atoms. The molecule has 0 fully saturated rings. The van der Waals surface area contributed by atoms with E-state index in [1.807, 2.05) is 12.2 Å². The summed E-state index contributed by atoms with van der Waals surface area (Å²) in [5.41, 5.74) is 0. The highest BCUT2D eigenvalue weighted by Gasteiger charge is 1.97. The van der Waals surface area contributed by atoms with E-state index in [1.54, 1.807) is 6.08 Å². The summed E-state index contributed by atoms with van der Waals surface area (Å²) in [6, 6.07) is 0. The summed E-state index contributed by atoms with van der Waals surface area (Å²) in [6.07, 6.45) is 24.7. The Labute approximate surface area is 162 Å². The maximum absolute atomic E-state index is 11.0. The first-order valence-corrected chi connectivity index (χ1v) is 9.05. The summed E-state index contributed by atoms with van der Waals surface area (Å²) in [5, 5.41) is 0. The molecule has 2 heteroatoms. The molecule has 0 heterocycles. The molecule has 0 aromatic carbocycles. The predicted molar refractivity (Wildman–Crippen MR) is 110 cm³/mol. The topological polar surface area (TPSA) is 26.3 Å². The Balaban J connectivity index is 3.69. The molecule has 0 atom stereocenters. The lowest BCUT2D eigenvalue weighted by Crippen LogP contribution is -1.98. The lowest BCUT2D eigenvalue weighted by molar-refractivity contribution is -0.140. The van der Waals surface area contributed by atoms with Crippen LogP contribution in [0.3, 0.4) is 0 Å². The lowest BCUT2D eigenvalue weighted by Gasteiger charge is -1.98. The maximum Gasteiger partial charge on any atom is 0.305 e. The fraction of sp³-hybridized carbons (Fsp3) is 0.522. The zero-order valence-corrected chi connectivity index (χ0v) is 15.5. The van der Waals surface area contributed by atoms with E-state index in [-0.39, 0.29) is 5.97 Å². The Morgan fingerprint density at radius 2 is 1.32 bits per heavy atom. The van der Waals surface area contributed by atoms with Gasteiger partial charge in [-0.1, -0.05) is 74.0 Å². The number of ether oxygens (including phenoxy) is 1. The second-order valence-corrected chi connectivity index (χ2v) is 5.55. The Bertz CT molecular complexity index is 599. The number of unbranched alkanes of at least 4 members (excludes halogenated alkanes) is 3. The molecule has 0 saturated carbocycles. The quantitative estimate of drug-likeness (QED) is 0.183. The monoisotopic (exact) mass is 349 g/mol. The molecule has 140 valence electrons. The fourth-order valence-corrected chi connectivity index (χ4v) is 2.04. The van der Waals surface area contributed by atoms with E-state index in [4.69, 9.17) is 6.85 Å². The van der Waals surface area contributed by atoms with E-state index >= 15 is 0 Å². The van der Waals surface area contributed by atoms with Crippen molar-refractivity contribution in [2.24, 2.45) is 0 Å². The summed E-state index contributed by atoms with van der Waals surface area (Å²) in [4.78, 5) is 11.0. The second-order valence-electron chi connectivity index (χ2n) is 5.55. The van der Waals surface area contributed by atoms with Gasteiger partial charge in [-0.2, -0.15) is 0 Å². The zero-order chi connectivity index (χ0) is 22.7. The van der Waals surface area contributed by atoms with Crippen molar-refractivity contribution in [1.82, 2.24) is 0 Å². The molecular weight excluding hydrogens is 308 g/mol. The van der Waals surface area contributed by atoms with Crippen molar-refractivity contribution in [3.8, 4) is 0 Å². The number of hydrogen-bond donors (Lipinski definition) is 0. The van der Waals surface area contributed by atoms with Gasteiger partial charge in [0, 0.05) is 13.3 Å². The largest absolute Gasteiger partial charge is 0.469 e. The van der Waals surface area contributed by atoms with Crippen LogP contribution in [-0.2, 0) is 9.53 Å². The Morgan fingerprint density at radius 3 is 1.84 bits per heavy atom. The molecule has 0 aliphatic carbocycles. The Kier molecular flexibility index (Phi) is 12.5. The molecule has 0 aromatic rings. The smallest absolute Gasteiger partial charge is 0.305 e. The average Bonchev–Trinajstić information content (AvgIpc) is 2.68. The van der Waals surface area contributed by atoms with Crippen molar-refractivity contribution >= 4 is 5.97 Å². The molecule has 0 aliphatic heterocycles. The Hall–Kier alpha value is -1.83. The van der Waals surface area contributed by atoms with E-state index in [2.05, 4.69) is 41.2 Å². The molecule has 0 N–H and O–H groups in total. The van der Waals surface area contributed by atoms with E-state index in [0.29, 0.717) is 12.8 Å². The first kappa shape index (κ1) is 15.4. The van der Waals surface area contributed by atoms with E-state index in [1.165, 1.54) is 7.11 Å². The minimum Gasteiger partial charge on any atom is -0.469 e. The van der Waals surface area contributed by atoms with Gasteiger partial charge >= 0.3 is 5.97 Å². The second kappa shape index (κ2) is 20.2. The van der Waals surface area contributed by atoms with Crippen LogP contribution in [0, 0.1) is 0 Å². The van der Waals surface area contributed by atoms with Crippen LogP contribution < -0.4 is 0 Å².